The average Bonchev–Trinajstić information content (AvgIpc) is 2.75. The summed E-state index contributed by atoms with van der Waals surface area (Å²) in [6.07, 6.45) is 0. The standard InChI is InChI=1S/C20H21ClN2O6S2/c1-13(24)22-15-3-5-16(6-4-15)31(25,26)29-19-17(21)11-14(12-18(19)27-2)20(30)23-7-9-28-10-8-23/h3-6,11-12H,7-10H2,1-2H3,(H,22,24). The van der Waals surface area contributed by atoms with Gasteiger partial charge in [-0.05, 0) is 36.4 Å². The van der Waals surface area contributed by atoms with E-state index in [9.17, 15) is 13.2 Å². The highest BCUT2D eigenvalue weighted by Gasteiger charge is 2.24. The molecule has 31 heavy (non-hydrogen) atoms. The Kier molecular flexibility index (Phi) is 7.37. The smallest absolute Gasteiger partial charge is 0.339 e. The zero-order valence-corrected chi connectivity index (χ0v) is 19.3. The summed E-state index contributed by atoms with van der Waals surface area (Å²) >= 11 is 11.9. The maximum atomic E-state index is 12.7. The molecule has 1 amide bonds. The molecule has 2 aromatic carbocycles. The van der Waals surface area contributed by atoms with Crippen molar-refractivity contribution in [3.05, 3.63) is 47.0 Å². The minimum Gasteiger partial charge on any atom is -0.493 e. The predicted octanol–water partition coefficient (Wildman–Crippen LogP) is 3.08. The quantitative estimate of drug-likeness (QED) is 0.494. The van der Waals surface area contributed by atoms with Crippen molar-refractivity contribution >= 4 is 50.5 Å². The number of anilines is 1. The number of amides is 1. The normalized spacial score (nSPS) is 14.1. The molecule has 0 bridgehead atoms. The maximum absolute atomic E-state index is 12.7. The van der Waals surface area contributed by atoms with Crippen molar-refractivity contribution in [2.45, 2.75) is 11.8 Å². The second-order valence-electron chi connectivity index (χ2n) is 6.64. The number of hydrogen-bond acceptors (Lipinski definition) is 7. The fourth-order valence-corrected chi connectivity index (χ4v) is 4.49. The Morgan fingerprint density at radius 1 is 1.19 bits per heavy atom. The summed E-state index contributed by atoms with van der Waals surface area (Å²) in [5.41, 5.74) is 1.08. The molecule has 3 rings (SSSR count). The van der Waals surface area contributed by atoms with Gasteiger partial charge in [0.05, 0.1) is 25.3 Å². The number of benzene rings is 2. The highest BCUT2D eigenvalue weighted by Crippen LogP contribution is 2.38. The van der Waals surface area contributed by atoms with E-state index in [1.807, 2.05) is 4.90 Å². The first kappa shape index (κ1) is 23.3. The van der Waals surface area contributed by atoms with Crippen LogP contribution in [0.2, 0.25) is 5.02 Å². The van der Waals surface area contributed by atoms with Crippen LogP contribution in [-0.4, -0.2) is 57.6 Å². The Hall–Kier alpha value is -2.40. The van der Waals surface area contributed by atoms with E-state index in [0.29, 0.717) is 42.5 Å². The van der Waals surface area contributed by atoms with Crippen molar-refractivity contribution in [3.8, 4) is 11.5 Å². The Morgan fingerprint density at radius 2 is 1.84 bits per heavy atom. The third-order valence-electron chi connectivity index (χ3n) is 4.43. The van der Waals surface area contributed by atoms with E-state index >= 15 is 0 Å². The fourth-order valence-electron chi connectivity index (χ4n) is 2.94. The molecule has 0 unspecified atom stereocenters. The van der Waals surface area contributed by atoms with Crippen LogP contribution in [0.5, 0.6) is 11.5 Å². The van der Waals surface area contributed by atoms with Gasteiger partial charge in [0, 0.05) is 31.3 Å². The van der Waals surface area contributed by atoms with E-state index in [0.717, 1.165) is 0 Å². The number of rotatable bonds is 6. The van der Waals surface area contributed by atoms with E-state index in [-0.39, 0.29) is 27.3 Å². The molecule has 166 valence electrons. The summed E-state index contributed by atoms with van der Waals surface area (Å²) in [4.78, 5) is 13.6. The number of nitrogens with zero attached hydrogens (tertiary/aromatic N) is 1. The van der Waals surface area contributed by atoms with Crippen LogP contribution in [-0.2, 0) is 19.6 Å². The second-order valence-corrected chi connectivity index (χ2v) is 8.98. The molecule has 0 radical (unpaired) electrons. The molecule has 8 nitrogen and oxygen atoms in total. The van der Waals surface area contributed by atoms with Gasteiger partial charge < -0.3 is 23.9 Å². The number of halogens is 1. The van der Waals surface area contributed by atoms with Crippen LogP contribution in [0.4, 0.5) is 5.69 Å². The van der Waals surface area contributed by atoms with Gasteiger partial charge in [-0.2, -0.15) is 8.42 Å². The van der Waals surface area contributed by atoms with Gasteiger partial charge in [0.15, 0.2) is 5.75 Å². The van der Waals surface area contributed by atoms with Crippen molar-refractivity contribution in [1.82, 2.24) is 4.90 Å². The Bertz CT molecular complexity index is 1080. The Morgan fingerprint density at radius 3 is 2.42 bits per heavy atom. The molecule has 2 aromatic rings. The van der Waals surface area contributed by atoms with E-state index < -0.39 is 10.1 Å². The molecule has 11 heteroatoms. The van der Waals surface area contributed by atoms with Crippen LogP contribution in [0.25, 0.3) is 0 Å². The third-order valence-corrected chi connectivity index (χ3v) is 6.44. The molecule has 1 fully saturated rings. The topological polar surface area (TPSA) is 94.2 Å². The Labute approximate surface area is 191 Å². The lowest BCUT2D eigenvalue weighted by Gasteiger charge is -2.29. The number of hydrogen-bond donors (Lipinski definition) is 1. The zero-order chi connectivity index (χ0) is 22.6. The molecule has 1 heterocycles. The highest BCUT2D eigenvalue weighted by molar-refractivity contribution is 7.87. The van der Waals surface area contributed by atoms with Crippen molar-refractivity contribution in [1.29, 1.82) is 0 Å². The van der Waals surface area contributed by atoms with Crippen LogP contribution >= 0.6 is 23.8 Å². The van der Waals surface area contributed by atoms with Crippen LogP contribution in [0.1, 0.15) is 12.5 Å². The van der Waals surface area contributed by atoms with Gasteiger partial charge in [0.25, 0.3) is 0 Å². The molecule has 0 saturated carbocycles. The highest BCUT2D eigenvalue weighted by atomic mass is 35.5. The number of ether oxygens (including phenoxy) is 2. The molecule has 0 atom stereocenters. The lowest BCUT2D eigenvalue weighted by molar-refractivity contribution is -0.114. The van der Waals surface area contributed by atoms with E-state index in [4.69, 9.17) is 37.5 Å². The molecule has 1 aliphatic rings. The van der Waals surface area contributed by atoms with Crippen LogP contribution in [0.3, 0.4) is 0 Å². The molecular formula is C20H21ClN2O6S2. The van der Waals surface area contributed by atoms with Crippen LogP contribution in [0, 0.1) is 0 Å². The Balaban J connectivity index is 1.86. The first-order valence-electron chi connectivity index (χ1n) is 9.28. The maximum Gasteiger partial charge on any atom is 0.339 e. The van der Waals surface area contributed by atoms with E-state index in [2.05, 4.69) is 5.32 Å². The number of carbonyl (C=O) groups excluding carboxylic acids is 1. The van der Waals surface area contributed by atoms with Crippen LogP contribution < -0.4 is 14.2 Å². The minimum atomic E-state index is -4.20. The summed E-state index contributed by atoms with van der Waals surface area (Å²) in [7, 11) is -2.82. The molecule has 0 aromatic heterocycles. The summed E-state index contributed by atoms with van der Waals surface area (Å²) in [5.74, 6) is -0.265. The fraction of sp³-hybridized carbons (Fsp3) is 0.300. The van der Waals surface area contributed by atoms with Crippen molar-refractivity contribution in [2.75, 3.05) is 38.7 Å². The first-order valence-corrected chi connectivity index (χ1v) is 11.5. The van der Waals surface area contributed by atoms with Gasteiger partial charge >= 0.3 is 10.1 Å². The molecular weight excluding hydrogens is 464 g/mol. The molecule has 0 aliphatic carbocycles. The summed E-state index contributed by atoms with van der Waals surface area (Å²) in [6.45, 7) is 3.81. The third kappa shape index (κ3) is 5.65. The first-order chi connectivity index (χ1) is 14.7. The molecule has 0 spiro atoms. The zero-order valence-electron chi connectivity index (χ0n) is 16.9. The van der Waals surface area contributed by atoms with Gasteiger partial charge in [0.1, 0.15) is 9.88 Å². The minimum absolute atomic E-state index is 0.0448. The number of nitrogens with one attached hydrogen (secondary N) is 1. The van der Waals surface area contributed by atoms with E-state index in [1.165, 1.54) is 38.3 Å². The number of morpholine rings is 1. The van der Waals surface area contributed by atoms with Crippen molar-refractivity contribution in [3.63, 3.8) is 0 Å². The molecule has 1 saturated heterocycles. The van der Waals surface area contributed by atoms with Gasteiger partial charge in [-0.25, -0.2) is 0 Å². The van der Waals surface area contributed by atoms with Gasteiger partial charge in [-0.15, -0.1) is 0 Å². The van der Waals surface area contributed by atoms with Gasteiger partial charge in [-0.3, -0.25) is 4.79 Å². The monoisotopic (exact) mass is 484 g/mol. The SMILES string of the molecule is COc1cc(C(=S)N2CCOCC2)cc(Cl)c1OS(=O)(=O)c1ccc(NC(C)=O)cc1. The second kappa shape index (κ2) is 9.82. The van der Waals surface area contributed by atoms with Crippen molar-refractivity contribution in [2.24, 2.45) is 0 Å². The van der Waals surface area contributed by atoms with E-state index in [1.54, 1.807) is 12.1 Å². The largest absolute Gasteiger partial charge is 0.493 e. The number of thiocarbonyl (C=S) groups is 1. The van der Waals surface area contributed by atoms with Crippen LogP contribution in [0.15, 0.2) is 41.3 Å². The summed E-state index contributed by atoms with van der Waals surface area (Å²) < 4.78 is 41.5. The summed E-state index contributed by atoms with van der Waals surface area (Å²) in [6, 6.07) is 8.70. The van der Waals surface area contributed by atoms with Crippen molar-refractivity contribution < 1.29 is 26.9 Å². The predicted molar refractivity (Wildman–Crippen MR) is 121 cm³/mol. The molecule has 1 N–H and O–H groups in total. The average molecular weight is 485 g/mol. The molecule has 1 aliphatic heterocycles. The lowest BCUT2D eigenvalue weighted by atomic mass is 10.1. The number of methoxy groups -OCH3 is 1. The van der Waals surface area contributed by atoms with Gasteiger partial charge in [-0.1, -0.05) is 23.8 Å². The number of carbonyl (C=O) groups is 1. The summed E-state index contributed by atoms with van der Waals surface area (Å²) in [5, 5.41) is 2.61. The lowest BCUT2D eigenvalue weighted by Crippen LogP contribution is -2.40. The van der Waals surface area contributed by atoms with Gasteiger partial charge in [0.2, 0.25) is 11.7 Å².